The van der Waals surface area contributed by atoms with E-state index < -0.39 is 13.9 Å². The Bertz CT molecular complexity index is 278. The van der Waals surface area contributed by atoms with Crippen molar-refractivity contribution in [3.63, 3.8) is 0 Å². The summed E-state index contributed by atoms with van der Waals surface area (Å²) in [5, 5.41) is 10.4. The van der Waals surface area contributed by atoms with Gasteiger partial charge in [0.05, 0.1) is 5.60 Å². The molecule has 0 aromatic carbocycles. The largest absolute Gasteiger partial charge is 0.417 e. The van der Waals surface area contributed by atoms with Crippen LogP contribution >= 0.6 is 0 Å². The van der Waals surface area contributed by atoms with Crippen molar-refractivity contribution in [1.82, 2.24) is 0 Å². The minimum atomic E-state index is -1.59. The zero-order valence-electron chi connectivity index (χ0n) is 14.0. The molecule has 0 aromatic rings. The van der Waals surface area contributed by atoms with Crippen LogP contribution in [-0.2, 0) is 4.43 Å². The molecule has 0 heterocycles. The Kier molecular flexibility index (Phi) is 5.31. The van der Waals surface area contributed by atoms with Crippen LogP contribution in [0.25, 0.3) is 0 Å². The van der Waals surface area contributed by atoms with Crippen LogP contribution in [0, 0.1) is 11.8 Å². The van der Waals surface area contributed by atoms with E-state index in [1.54, 1.807) is 0 Å². The molecular weight excluding hydrogens is 252 g/mol. The molecule has 0 radical (unpaired) electrons. The van der Waals surface area contributed by atoms with Crippen molar-refractivity contribution in [1.29, 1.82) is 0 Å². The lowest BCUT2D eigenvalue weighted by atomic mass is 9.75. The zero-order valence-corrected chi connectivity index (χ0v) is 15.0. The Balaban J connectivity index is 2.39. The van der Waals surface area contributed by atoms with Crippen LogP contribution in [-0.4, -0.2) is 25.6 Å². The van der Waals surface area contributed by atoms with Crippen LogP contribution in [0.15, 0.2) is 0 Å². The van der Waals surface area contributed by atoms with Gasteiger partial charge < -0.3 is 9.53 Å². The quantitative estimate of drug-likeness (QED) is 0.766. The first kappa shape index (κ1) is 17.2. The van der Waals surface area contributed by atoms with E-state index in [1.165, 1.54) is 12.8 Å². The molecule has 1 saturated carbocycles. The predicted molar refractivity (Wildman–Crippen MR) is 84.9 cm³/mol. The van der Waals surface area contributed by atoms with Crippen molar-refractivity contribution in [3.8, 4) is 0 Å². The Hall–Kier alpha value is 0.137. The number of rotatable bonds is 4. The fourth-order valence-corrected chi connectivity index (χ4v) is 3.66. The fraction of sp³-hybridized carbons (Fsp3) is 1.00. The molecule has 0 amide bonds. The van der Waals surface area contributed by atoms with Gasteiger partial charge in [0, 0.05) is 6.61 Å². The van der Waals surface area contributed by atoms with E-state index in [0.717, 1.165) is 19.4 Å². The average molecular weight is 287 g/mol. The molecule has 0 aliphatic heterocycles. The lowest BCUT2D eigenvalue weighted by Gasteiger charge is -2.39. The third-order valence-corrected chi connectivity index (χ3v) is 9.83. The van der Waals surface area contributed by atoms with Gasteiger partial charge in [-0.25, -0.2) is 0 Å². The number of hydrogen-bond donors (Lipinski definition) is 1. The third kappa shape index (κ3) is 4.87. The topological polar surface area (TPSA) is 29.5 Å². The minimum Gasteiger partial charge on any atom is -0.417 e. The molecule has 1 fully saturated rings. The Labute approximate surface area is 121 Å². The van der Waals surface area contributed by atoms with Gasteiger partial charge in [-0.05, 0) is 69.5 Å². The summed E-state index contributed by atoms with van der Waals surface area (Å²) < 4.78 is 6.33. The van der Waals surface area contributed by atoms with Crippen molar-refractivity contribution < 1.29 is 9.53 Å². The second kappa shape index (κ2) is 5.86. The first-order chi connectivity index (χ1) is 8.43. The van der Waals surface area contributed by atoms with Crippen LogP contribution in [0.2, 0.25) is 18.1 Å². The molecule has 1 rings (SSSR count). The van der Waals surface area contributed by atoms with E-state index >= 15 is 0 Å². The molecule has 0 atom stereocenters. The highest BCUT2D eigenvalue weighted by Gasteiger charge is 2.38. The monoisotopic (exact) mass is 286 g/mol. The van der Waals surface area contributed by atoms with Gasteiger partial charge in [-0.2, -0.15) is 0 Å². The molecule has 0 spiro atoms. The number of aliphatic hydroxyl groups is 1. The van der Waals surface area contributed by atoms with Gasteiger partial charge in [0.2, 0.25) is 0 Å². The van der Waals surface area contributed by atoms with E-state index in [2.05, 4.69) is 33.9 Å². The summed E-state index contributed by atoms with van der Waals surface area (Å²) in [6.07, 6.45) is 4.72. The Morgan fingerprint density at radius 2 is 1.47 bits per heavy atom. The summed E-state index contributed by atoms with van der Waals surface area (Å²) >= 11 is 0. The third-order valence-electron chi connectivity index (χ3n) is 5.33. The highest BCUT2D eigenvalue weighted by atomic mass is 28.4. The van der Waals surface area contributed by atoms with E-state index in [0.29, 0.717) is 16.9 Å². The molecule has 0 bridgehead atoms. The summed E-state index contributed by atoms with van der Waals surface area (Å²) in [6.45, 7) is 16.4. The van der Waals surface area contributed by atoms with Gasteiger partial charge in [0.25, 0.3) is 0 Å². The van der Waals surface area contributed by atoms with Crippen molar-refractivity contribution >= 4 is 8.32 Å². The summed E-state index contributed by atoms with van der Waals surface area (Å²) in [4.78, 5) is 0. The Morgan fingerprint density at radius 3 is 1.84 bits per heavy atom. The maximum absolute atomic E-state index is 10.1. The molecule has 1 aliphatic rings. The Morgan fingerprint density at radius 1 is 1.00 bits per heavy atom. The molecule has 0 unspecified atom stereocenters. The summed E-state index contributed by atoms with van der Waals surface area (Å²) in [6, 6.07) is 0. The second-order valence-electron chi connectivity index (χ2n) is 8.44. The van der Waals surface area contributed by atoms with Crippen molar-refractivity contribution in [2.45, 2.75) is 84.0 Å². The van der Waals surface area contributed by atoms with Crippen LogP contribution < -0.4 is 0 Å². The highest BCUT2D eigenvalue weighted by Crippen LogP contribution is 2.39. The SMILES string of the molecule is CC(C)(C)[Si](C)(C)OC[C@H]1CC[C@H](C(C)(C)O)CC1. The molecule has 0 saturated heterocycles. The number of hydrogen-bond acceptors (Lipinski definition) is 2. The molecule has 3 heteroatoms. The summed E-state index contributed by atoms with van der Waals surface area (Å²) in [5.74, 6) is 1.17. The molecule has 1 aliphatic carbocycles. The first-order valence-corrected chi connectivity index (χ1v) is 10.7. The maximum Gasteiger partial charge on any atom is 0.191 e. The predicted octanol–water partition coefficient (Wildman–Crippen LogP) is 4.59. The van der Waals surface area contributed by atoms with Gasteiger partial charge in [-0.3, -0.25) is 0 Å². The summed E-state index contributed by atoms with van der Waals surface area (Å²) in [7, 11) is -1.59. The van der Waals surface area contributed by atoms with Crippen molar-refractivity contribution in [3.05, 3.63) is 0 Å². The zero-order chi connectivity index (χ0) is 14.9. The van der Waals surface area contributed by atoms with Gasteiger partial charge in [0.15, 0.2) is 8.32 Å². The summed E-state index contributed by atoms with van der Waals surface area (Å²) in [5.41, 5.74) is -0.509. The van der Waals surface area contributed by atoms with Gasteiger partial charge in [0.1, 0.15) is 0 Å². The van der Waals surface area contributed by atoms with Gasteiger partial charge >= 0.3 is 0 Å². The highest BCUT2D eigenvalue weighted by molar-refractivity contribution is 6.74. The second-order valence-corrected chi connectivity index (χ2v) is 13.3. The van der Waals surface area contributed by atoms with Crippen LogP contribution in [0.4, 0.5) is 0 Å². The van der Waals surface area contributed by atoms with E-state index in [4.69, 9.17) is 4.43 Å². The first-order valence-electron chi connectivity index (χ1n) is 7.80. The fourth-order valence-electron chi connectivity index (χ4n) is 2.58. The average Bonchev–Trinajstić information content (AvgIpc) is 2.24. The lowest BCUT2D eigenvalue weighted by molar-refractivity contribution is -0.00943. The normalized spacial score (nSPS) is 26.5. The minimum absolute atomic E-state index is 0.303. The molecular formula is C16H34O2Si. The van der Waals surface area contributed by atoms with Crippen LogP contribution in [0.5, 0.6) is 0 Å². The van der Waals surface area contributed by atoms with Crippen LogP contribution in [0.1, 0.15) is 60.3 Å². The standard InChI is InChI=1S/C16H34O2Si/c1-15(2,3)19(6,7)18-12-13-8-10-14(11-9-13)16(4,5)17/h13-14,17H,8-12H2,1-7H3/t13-,14-. The molecule has 1 N–H and O–H groups in total. The van der Waals surface area contributed by atoms with E-state index in [9.17, 15) is 5.11 Å². The van der Waals surface area contributed by atoms with Crippen LogP contribution in [0.3, 0.4) is 0 Å². The maximum atomic E-state index is 10.1. The lowest BCUT2D eigenvalue weighted by Crippen LogP contribution is -2.42. The van der Waals surface area contributed by atoms with Crippen molar-refractivity contribution in [2.24, 2.45) is 11.8 Å². The van der Waals surface area contributed by atoms with Gasteiger partial charge in [-0.1, -0.05) is 20.8 Å². The molecule has 19 heavy (non-hydrogen) atoms. The van der Waals surface area contributed by atoms with Gasteiger partial charge in [-0.15, -0.1) is 0 Å². The molecule has 2 nitrogen and oxygen atoms in total. The molecule has 114 valence electrons. The van der Waals surface area contributed by atoms with E-state index in [-0.39, 0.29) is 0 Å². The smallest absolute Gasteiger partial charge is 0.191 e. The van der Waals surface area contributed by atoms with Crippen molar-refractivity contribution in [2.75, 3.05) is 6.61 Å². The molecule has 0 aromatic heterocycles. The van der Waals surface area contributed by atoms with E-state index in [1.807, 2.05) is 13.8 Å².